The van der Waals surface area contributed by atoms with Crippen LogP contribution in [-0.4, -0.2) is 20.5 Å². The quantitative estimate of drug-likeness (QED) is 0.615. The number of nitrogens with zero attached hydrogens (tertiary/aromatic N) is 1. The van der Waals surface area contributed by atoms with Crippen molar-refractivity contribution in [3.8, 4) is 17.6 Å². The Kier molecular flexibility index (Phi) is 7.69. The molecule has 0 radical (unpaired) electrons. The van der Waals surface area contributed by atoms with Gasteiger partial charge in [0.25, 0.3) is 0 Å². The predicted octanol–water partition coefficient (Wildman–Crippen LogP) is 5.25. The third-order valence-electron chi connectivity index (χ3n) is 3.14. The molecule has 0 heterocycles. The van der Waals surface area contributed by atoms with Gasteiger partial charge in [-0.25, -0.2) is 0 Å². The molecule has 0 saturated heterocycles. The van der Waals surface area contributed by atoms with E-state index in [-0.39, 0.29) is 0 Å². The Labute approximate surface area is 139 Å². The molecule has 1 aromatic rings. The average molecular weight is 370 g/mol. The second-order valence-electron chi connectivity index (χ2n) is 4.40. The number of halogens is 1. The second-order valence-corrected chi connectivity index (χ2v) is 6.16. The Balaban J connectivity index is 3.40. The molecule has 0 spiro atoms. The molecule has 0 aliphatic heterocycles. The van der Waals surface area contributed by atoms with Gasteiger partial charge in [0.15, 0.2) is 11.5 Å². The highest BCUT2D eigenvalue weighted by Gasteiger charge is 2.16. The zero-order valence-corrected chi connectivity index (χ0v) is 15.2. The molecule has 1 rings (SSSR count). The lowest BCUT2D eigenvalue weighted by Crippen LogP contribution is -1.95. The van der Waals surface area contributed by atoms with E-state index < -0.39 is 0 Å². The summed E-state index contributed by atoms with van der Waals surface area (Å²) in [7, 11) is 3.19. The molecular weight excluding hydrogens is 350 g/mol. The molecule has 1 aromatic carbocycles. The summed E-state index contributed by atoms with van der Waals surface area (Å²) in [6.07, 6.45) is 5.11. The number of rotatable bonds is 7. The number of methoxy groups -OCH3 is 2. The fourth-order valence-electron chi connectivity index (χ4n) is 1.99. The summed E-state index contributed by atoms with van der Waals surface area (Å²) in [6.45, 7) is 2.15. The lowest BCUT2D eigenvalue weighted by molar-refractivity contribution is 0.354. The normalized spacial score (nSPS) is 11.6. The molecule has 0 fully saturated rings. The van der Waals surface area contributed by atoms with Crippen LogP contribution in [-0.2, 0) is 0 Å². The van der Waals surface area contributed by atoms with E-state index in [9.17, 15) is 5.26 Å². The van der Waals surface area contributed by atoms with Crippen molar-refractivity contribution < 1.29 is 9.47 Å². The molecule has 3 nitrogen and oxygen atoms in total. The molecule has 0 bridgehead atoms. The molecule has 21 heavy (non-hydrogen) atoms. The maximum Gasteiger partial charge on any atom is 0.161 e. The van der Waals surface area contributed by atoms with Crippen molar-refractivity contribution in [3.05, 3.63) is 27.1 Å². The van der Waals surface area contributed by atoms with Crippen LogP contribution in [0.5, 0.6) is 11.5 Å². The van der Waals surface area contributed by atoms with Crippen LogP contribution in [0.2, 0.25) is 0 Å². The predicted molar refractivity (Wildman–Crippen MR) is 92.8 cm³/mol. The summed E-state index contributed by atoms with van der Waals surface area (Å²) in [5, 5.41) is 9.58. The zero-order valence-electron chi connectivity index (χ0n) is 12.8. The highest BCUT2D eigenvalue weighted by molar-refractivity contribution is 9.10. The van der Waals surface area contributed by atoms with Crippen LogP contribution >= 0.6 is 27.7 Å². The van der Waals surface area contributed by atoms with Crippen molar-refractivity contribution in [3.63, 3.8) is 0 Å². The standard InChI is InChI=1S/C16H20BrNO2S/c1-5-6-7-16(21-4)12(10-18)11-8-14(19-2)15(20-3)9-13(11)17/h8-9H,5-7H2,1-4H3/b16-12-. The first-order chi connectivity index (χ1) is 10.1. The minimum Gasteiger partial charge on any atom is -0.493 e. The third-order valence-corrected chi connectivity index (χ3v) is 4.69. The maximum absolute atomic E-state index is 9.58. The van der Waals surface area contributed by atoms with Gasteiger partial charge in [0.1, 0.15) is 6.07 Å². The van der Waals surface area contributed by atoms with Gasteiger partial charge in [-0.15, -0.1) is 11.8 Å². The summed E-state index contributed by atoms with van der Waals surface area (Å²) in [6, 6.07) is 6.03. The van der Waals surface area contributed by atoms with Crippen molar-refractivity contribution in [1.82, 2.24) is 0 Å². The molecule has 0 aliphatic carbocycles. The van der Waals surface area contributed by atoms with Crippen LogP contribution in [0.25, 0.3) is 5.57 Å². The highest BCUT2D eigenvalue weighted by atomic mass is 79.9. The van der Waals surface area contributed by atoms with Crippen molar-refractivity contribution >= 4 is 33.3 Å². The SMILES string of the molecule is CCCC/C(SC)=C(\C#N)c1cc(OC)c(OC)cc1Br. The van der Waals surface area contributed by atoms with Gasteiger partial charge in [-0.2, -0.15) is 5.26 Å². The number of benzene rings is 1. The molecule has 0 unspecified atom stereocenters. The number of nitriles is 1. The summed E-state index contributed by atoms with van der Waals surface area (Å²) in [5.41, 5.74) is 1.54. The number of hydrogen-bond donors (Lipinski definition) is 0. The Hall–Kier alpha value is -1.12. The molecule has 114 valence electrons. The first-order valence-corrected chi connectivity index (χ1v) is 8.73. The lowest BCUT2D eigenvalue weighted by atomic mass is 10.0. The van der Waals surface area contributed by atoms with Gasteiger partial charge in [0.2, 0.25) is 0 Å². The average Bonchev–Trinajstić information content (AvgIpc) is 2.51. The Morgan fingerprint density at radius 2 is 1.90 bits per heavy atom. The van der Waals surface area contributed by atoms with Crippen LogP contribution in [0.3, 0.4) is 0 Å². The minimum absolute atomic E-state index is 0.624. The van der Waals surface area contributed by atoms with Gasteiger partial charge < -0.3 is 9.47 Å². The highest BCUT2D eigenvalue weighted by Crippen LogP contribution is 2.39. The van der Waals surface area contributed by atoms with E-state index >= 15 is 0 Å². The van der Waals surface area contributed by atoms with Gasteiger partial charge >= 0.3 is 0 Å². The van der Waals surface area contributed by atoms with E-state index in [2.05, 4.69) is 28.9 Å². The third kappa shape index (κ3) is 4.42. The van der Waals surface area contributed by atoms with E-state index in [4.69, 9.17) is 9.47 Å². The topological polar surface area (TPSA) is 42.2 Å². The maximum atomic E-state index is 9.58. The summed E-state index contributed by atoms with van der Waals surface area (Å²) >= 11 is 5.16. The molecule has 0 atom stereocenters. The fourth-order valence-corrected chi connectivity index (χ4v) is 3.21. The molecule has 0 amide bonds. The fraction of sp³-hybridized carbons (Fsp3) is 0.438. The smallest absolute Gasteiger partial charge is 0.161 e. The first kappa shape index (κ1) is 17.9. The van der Waals surface area contributed by atoms with Crippen molar-refractivity contribution in [2.24, 2.45) is 0 Å². The van der Waals surface area contributed by atoms with Crippen molar-refractivity contribution in [2.45, 2.75) is 26.2 Å². The van der Waals surface area contributed by atoms with Crippen LogP contribution in [0.15, 0.2) is 21.5 Å². The van der Waals surface area contributed by atoms with E-state index in [1.807, 2.05) is 18.4 Å². The van der Waals surface area contributed by atoms with Crippen LogP contribution in [0.4, 0.5) is 0 Å². The zero-order chi connectivity index (χ0) is 15.8. The Morgan fingerprint density at radius 3 is 2.38 bits per heavy atom. The molecular formula is C16H20BrNO2S. The number of hydrogen-bond acceptors (Lipinski definition) is 4. The number of thioether (sulfide) groups is 1. The van der Waals surface area contributed by atoms with Gasteiger partial charge in [0, 0.05) is 14.9 Å². The van der Waals surface area contributed by atoms with Gasteiger partial charge in [0.05, 0.1) is 19.8 Å². The Morgan fingerprint density at radius 1 is 1.29 bits per heavy atom. The van der Waals surface area contributed by atoms with E-state index in [1.54, 1.807) is 26.0 Å². The van der Waals surface area contributed by atoms with Crippen molar-refractivity contribution in [1.29, 1.82) is 5.26 Å². The Bertz CT molecular complexity index is 564. The van der Waals surface area contributed by atoms with E-state index in [0.717, 1.165) is 34.2 Å². The largest absolute Gasteiger partial charge is 0.493 e. The van der Waals surface area contributed by atoms with Gasteiger partial charge in [-0.3, -0.25) is 0 Å². The molecule has 0 saturated carbocycles. The van der Waals surface area contributed by atoms with Crippen LogP contribution < -0.4 is 9.47 Å². The van der Waals surface area contributed by atoms with Crippen LogP contribution in [0, 0.1) is 11.3 Å². The molecule has 0 N–H and O–H groups in total. The van der Waals surface area contributed by atoms with Gasteiger partial charge in [-0.05, 0) is 47.2 Å². The van der Waals surface area contributed by atoms with E-state index in [0.29, 0.717) is 17.1 Å². The second kappa shape index (κ2) is 9.01. The van der Waals surface area contributed by atoms with Gasteiger partial charge in [-0.1, -0.05) is 13.3 Å². The van der Waals surface area contributed by atoms with Crippen molar-refractivity contribution in [2.75, 3.05) is 20.5 Å². The summed E-state index contributed by atoms with van der Waals surface area (Å²) in [5.74, 6) is 1.27. The number of unbranched alkanes of at least 4 members (excludes halogenated alkanes) is 1. The lowest BCUT2D eigenvalue weighted by Gasteiger charge is -2.13. The monoisotopic (exact) mass is 369 g/mol. The molecule has 5 heteroatoms. The van der Waals surface area contributed by atoms with Crippen LogP contribution in [0.1, 0.15) is 31.7 Å². The molecule has 0 aliphatic rings. The first-order valence-electron chi connectivity index (χ1n) is 6.72. The number of allylic oxidation sites excluding steroid dienone is 2. The number of ether oxygens (including phenoxy) is 2. The summed E-state index contributed by atoms with van der Waals surface area (Å²) < 4.78 is 11.4. The molecule has 0 aromatic heterocycles. The van der Waals surface area contributed by atoms with E-state index in [1.165, 1.54) is 0 Å². The summed E-state index contributed by atoms with van der Waals surface area (Å²) in [4.78, 5) is 1.10. The minimum atomic E-state index is 0.624.